The van der Waals surface area contributed by atoms with Crippen molar-refractivity contribution >= 4 is 16.5 Å². The SMILES string of the molecule is CN(C)C1CCCN(Cc2nnc(NN)s2)C1. The molecule has 1 aromatic heterocycles. The molecule has 0 saturated carbocycles. The zero-order valence-corrected chi connectivity index (χ0v) is 11.2. The van der Waals surface area contributed by atoms with E-state index in [4.69, 9.17) is 5.84 Å². The fourth-order valence-electron chi connectivity index (χ4n) is 2.16. The maximum atomic E-state index is 5.30. The summed E-state index contributed by atoms with van der Waals surface area (Å²) in [4.78, 5) is 4.74. The van der Waals surface area contributed by atoms with Crippen molar-refractivity contribution in [2.45, 2.75) is 25.4 Å². The third-order valence-corrected chi connectivity index (χ3v) is 4.00. The van der Waals surface area contributed by atoms with Crippen molar-refractivity contribution in [3.8, 4) is 0 Å². The molecule has 0 radical (unpaired) electrons. The number of piperidine rings is 1. The van der Waals surface area contributed by atoms with Crippen molar-refractivity contribution in [1.29, 1.82) is 0 Å². The molecule has 0 bridgehead atoms. The molecule has 1 saturated heterocycles. The Kier molecular flexibility index (Phi) is 4.27. The summed E-state index contributed by atoms with van der Waals surface area (Å²) in [6.07, 6.45) is 2.54. The average Bonchev–Trinajstić information content (AvgIpc) is 2.77. The van der Waals surface area contributed by atoms with Gasteiger partial charge in [0, 0.05) is 12.6 Å². The van der Waals surface area contributed by atoms with E-state index in [9.17, 15) is 0 Å². The van der Waals surface area contributed by atoms with Crippen molar-refractivity contribution < 1.29 is 0 Å². The standard InChI is InChI=1S/C10H20N6S/c1-15(2)8-4-3-5-16(6-8)7-9-13-14-10(12-11)17-9/h8H,3-7,11H2,1-2H3,(H,12,14). The molecule has 96 valence electrons. The summed E-state index contributed by atoms with van der Waals surface area (Å²) in [5, 5.41) is 9.78. The number of nitrogens with one attached hydrogen (secondary N) is 1. The van der Waals surface area contributed by atoms with Crippen LogP contribution in [0, 0.1) is 0 Å². The molecule has 17 heavy (non-hydrogen) atoms. The summed E-state index contributed by atoms with van der Waals surface area (Å²) < 4.78 is 0. The Balaban J connectivity index is 1.90. The van der Waals surface area contributed by atoms with Gasteiger partial charge in [-0.15, -0.1) is 10.2 Å². The number of hydrogen-bond donors (Lipinski definition) is 2. The van der Waals surface area contributed by atoms with E-state index in [1.165, 1.54) is 24.2 Å². The lowest BCUT2D eigenvalue weighted by Crippen LogP contribution is -2.44. The number of anilines is 1. The predicted molar refractivity (Wildman–Crippen MR) is 69.7 cm³/mol. The van der Waals surface area contributed by atoms with Gasteiger partial charge in [0.2, 0.25) is 5.13 Å². The van der Waals surface area contributed by atoms with Crippen LogP contribution in [0.5, 0.6) is 0 Å². The number of hydrogen-bond acceptors (Lipinski definition) is 7. The number of aromatic nitrogens is 2. The third-order valence-electron chi connectivity index (χ3n) is 3.16. The first-order valence-electron chi connectivity index (χ1n) is 5.87. The van der Waals surface area contributed by atoms with Crippen LogP contribution < -0.4 is 11.3 Å². The van der Waals surface area contributed by atoms with Crippen molar-refractivity contribution in [3.63, 3.8) is 0 Å². The maximum Gasteiger partial charge on any atom is 0.219 e. The monoisotopic (exact) mass is 256 g/mol. The van der Waals surface area contributed by atoms with E-state index in [1.54, 1.807) is 0 Å². The molecule has 1 unspecified atom stereocenters. The molecule has 1 aliphatic heterocycles. The molecule has 0 aliphatic carbocycles. The smallest absolute Gasteiger partial charge is 0.219 e. The molecule has 7 heteroatoms. The van der Waals surface area contributed by atoms with E-state index in [-0.39, 0.29) is 0 Å². The van der Waals surface area contributed by atoms with Crippen molar-refractivity contribution in [2.75, 3.05) is 32.6 Å². The second kappa shape index (κ2) is 5.72. The zero-order valence-electron chi connectivity index (χ0n) is 10.4. The van der Waals surface area contributed by atoms with Gasteiger partial charge in [-0.25, -0.2) is 5.84 Å². The Bertz CT molecular complexity index is 352. The second-order valence-corrected chi connectivity index (χ2v) is 5.70. The van der Waals surface area contributed by atoms with Gasteiger partial charge in [0.25, 0.3) is 0 Å². The van der Waals surface area contributed by atoms with E-state index in [1.807, 2.05) is 0 Å². The number of nitrogens with two attached hydrogens (primary N) is 1. The summed E-state index contributed by atoms with van der Waals surface area (Å²) in [5.41, 5.74) is 2.53. The van der Waals surface area contributed by atoms with Crippen LogP contribution in [0.1, 0.15) is 17.8 Å². The number of nitrogen functional groups attached to an aromatic ring is 1. The number of rotatable bonds is 4. The highest BCUT2D eigenvalue weighted by Gasteiger charge is 2.22. The Morgan fingerprint density at radius 2 is 2.35 bits per heavy atom. The summed E-state index contributed by atoms with van der Waals surface area (Å²) >= 11 is 1.52. The van der Waals surface area contributed by atoms with Crippen molar-refractivity contribution in [1.82, 2.24) is 20.0 Å². The highest BCUT2D eigenvalue weighted by Crippen LogP contribution is 2.19. The highest BCUT2D eigenvalue weighted by atomic mass is 32.1. The maximum absolute atomic E-state index is 5.30. The molecule has 6 nitrogen and oxygen atoms in total. The quantitative estimate of drug-likeness (QED) is 0.598. The molecule has 0 amide bonds. The Morgan fingerprint density at radius 1 is 1.53 bits per heavy atom. The van der Waals surface area contributed by atoms with Crippen LogP contribution in [-0.2, 0) is 6.54 Å². The Labute approximate surface area is 106 Å². The van der Waals surface area contributed by atoms with Gasteiger partial charge in [-0.05, 0) is 33.5 Å². The fourth-order valence-corrected chi connectivity index (χ4v) is 2.86. The summed E-state index contributed by atoms with van der Waals surface area (Å²) in [7, 11) is 4.30. The van der Waals surface area contributed by atoms with Gasteiger partial charge >= 0.3 is 0 Å². The number of likely N-dealkylation sites (tertiary alicyclic amines) is 1. The predicted octanol–water partition coefficient (Wildman–Crippen LogP) is 0.350. The normalized spacial score (nSPS) is 22.0. The van der Waals surface area contributed by atoms with Gasteiger partial charge in [0.05, 0.1) is 6.54 Å². The first-order valence-corrected chi connectivity index (χ1v) is 6.68. The molecule has 3 N–H and O–H groups in total. The molecule has 2 rings (SSSR count). The molecule has 2 heterocycles. The minimum atomic E-state index is 0.656. The molecule has 1 aliphatic rings. The average molecular weight is 256 g/mol. The molecular formula is C10H20N6S. The molecule has 0 aromatic carbocycles. The summed E-state index contributed by atoms with van der Waals surface area (Å²) in [6.45, 7) is 3.14. The van der Waals surface area contributed by atoms with Crippen LogP contribution in [0.15, 0.2) is 0 Å². The van der Waals surface area contributed by atoms with Gasteiger partial charge in [-0.1, -0.05) is 11.3 Å². The van der Waals surface area contributed by atoms with Crippen LogP contribution in [0.25, 0.3) is 0 Å². The summed E-state index contributed by atoms with van der Waals surface area (Å²) in [6, 6.07) is 0.656. The molecule has 1 atom stereocenters. The van der Waals surface area contributed by atoms with Crippen LogP contribution in [0.3, 0.4) is 0 Å². The van der Waals surface area contributed by atoms with Crippen LogP contribution in [0.2, 0.25) is 0 Å². The van der Waals surface area contributed by atoms with E-state index in [0.717, 1.165) is 24.6 Å². The Hall–Kier alpha value is -0.760. The van der Waals surface area contributed by atoms with E-state index in [0.29, 0.717) is 11.2 Å². The van der Waals surface area contributed by atoms with Gasteiger partial charge in [0.15, 0.2) is 0 Å². The van der Waals surface area contributed by atoms with Gasteiger partial charge in [0.1, 0.15) is 5.01 Å². The fraction of sp³-hybridized carbons (Fsp3) is 0.800. The third kappa shape index (κ3) is 3.35. The summed E-state index contributed by atoms with van der Waals surface area (Å²) in [5.74, 6) is 5.30. The molecule has 1 fully saturated rings. The minimum Gasteiger partial charge on any atom is -0.305 e. The van der Waals surface area contributed by atoms with Crippen molar-refractivity contribution in [2.24, 2.45) is 5.84 Å². The second-order valence-electron chi connectivity index (χ2n) is 4.64. The number of likely N-dealkylation sites (N-methyl/N-ethyl adjacent to an activating group) is 1. The Morgan fingerprint density at radius 3 is 3.00 bits per heavy atom. The topological polar surface area (TPSA) is 70.3 Å². The van der Waals surface area contributed by atoms with Gasteiger partial charge < -0.3 is 4.90 Å². The van der Waals surface area contributed by atoms with Crippen LogP contribution in [0.4, 0.5) is 5.13 Å². The van der Waals surface area contributed by atoms with E-state index in [2.05, 4.69) is 39.5 Å². The van der Waals surface area contributed by atoms with Gasteiger partial charge in [-0.2, -0.15) is 0 Å². The van der Waals surface area contributed by atoms with Gasteiger partial charge in [-0.3, -0.25) is 10.3 Å². The van der Waals surface area contributed by atoms with Crippen molar-refractivity contribution in [3.05, 3.63) is 5.01 Å². The minimum absolute atomic E-state index is 0.656. The first-order chi connectivity index (χ1) is 8.19. The van der Waals surface area contributed by atoms with Crippen LogP contribution >= 0.6 is 11.3 Å². The largest absolute Gasteiger partial charge is 0.305 e. The van der Waals surface area contributed by atoms with E-state index < -0.39 is 0 Å². The van der Waals surface area contributed by atoms with E-state index >= 15 is 0 Å². The lowest BCUT2D eigenvalue weighted by Gasteiger charge is -2.35. The lowest BCUT2D eigenvalue weighted by atomic mass is 10.1. The van der Waals surface area contributed by atoms with Crippen LogP contribution in [-0.4, -0.2) is 53.2 Å². The zero-order chi connectivity index (χ0) is 12.3. The molecule has 0 spiro atoms. The lowest BCUT2D eigenvalue weighted by molar-refractivity contribution is 0.127. The highest BCUT2D eigenvalue weighted by molar-refractivity contribution is 7.15. The first kappa shape index (κ1) is 12.7. The molecular weight excluding hydrogens is 236 g/mol. The number of nitrogens with zero attached hydrogens (tertiary/aromatic N) is 4. The molecule has 1 aromatic rings. The number of hydrazine groups is 1.